The van der Waals surface area contributed by atoms with E-state index in [0.717, 1.165) is 31.6 Å². The lowest BCUT2D eigenvalue weighted by Gasteiger charge is -2.41. The topological polar surface area (TPSA) is 50.7 Å². The molecule has 3 atom stereocenters. The van der Waals surface area contributed by atoms with Gasteiger partial charge in [-0.1, -0.05) is 12.7 Å². The van der Waals surface area contributed by atoms with Crippen molar-refractivity contribution >= 4 is 0 Å². The lowest BCUT2D eigenvalue weighted by atomic mass is 9.73. The highest BCUT2D eigenvalue weighted by molar-refractivity contribution is 5.22. The van der Waals surface area contributed by atoms with Crippen LogP contribution in [0, 0.1) is 11.8 Å². The summed E-state index contributed by atoms with van der Waals surface area (Å²) in [6, 6.07) is 0.451. The fraction of sp³-hybridized carbons (Fsp3) is 0.556. The molecule has 0 aromatic rings. The third-order valence-corrected chi connectivity index (χ3v) is 4.71. The highest BCUT2D eigenvalue weighted by Gasteiger charge is 2.34. The summed E-state index contributed by atoms with van der Waals surface area (Å²) in [7, 11) is 3.28. The van der Waals surface area contributed by atoms with Crippen molar-refractivity contribution in [2.75, 3.05) is 20.8 Å². The fourth-order valence-electron chi connectivity index (χ4n) is 3.49. The van der Waals surface area contributed by atoms with E-state index in [1.807, 2.05) is 6.08 Å². The van der Waals surface area contributed by atoms with E-state index in [-0.39, 0.29) is 5.76 Å². The van der Waals surface area contributed by atoms with Gasteiger partial charge < -0.3 is 19.9 Å². The number of methoxy groups -OCH3 is 2. The summed E-state index contributed by atoms with van der Waals surface area (Å²) in [6.07, 6.45) is 11.7. The van der Waals surface area contributed by atoms with Gasteiger partial charge in [-0.25, -0.2) is 0 Å². The van der Waals surface area contributed by atoms with E-state index < -0.39 is 0 Å². The molecule has 0 spiro atoms. The van der Waals surface area contributed by atoms with E-state index in [2.05, 4.69) is 18.0 Å². The third kappa shape index (κ3) is 3.95. The second-order valence-electron chi connectivity index (χ2n) is 5.88. The predicted octanol–water partition coefficient (Wildman–Crippen LogP) is 3.45. The van der Waals surface area contributed by atoms with Crippen LogP contribution in [0.15, 0.2) is 48.2 Å². The van der Waals surface area contributed by atoms with Crippen molar-refractivity contribution in [3.05, 3.63) is 48.2 Å². The minimum absolute atomic E-state index is 0.120. The van der Waals surface area contributed by atoms with Crippen LogP contribution in [0.5, 0.6) is 0 Å². The van der Waals surface area contributed by atoms with Crippen LogP contribution < -0.4 is 5.32 Å². The normalized spacial score (nSPS) is 29.4. The van der Waals surface area contributed by atoms with Crippen LogP contribution in [0.2, 0.25) is 0 Å². The van der Waals surface area contributed by atoms with E-state index in [0.29, 0.717) is 23.6 Å². The molecule has 1 aliphatic heterocycles. The van der Waals surface area contributed by atoms with Gasteiger partial charge in [-0.3, -0.25) is 0 Å². The molecule has 2 N–H and O–H groups in total. The van der Waals surface area contributed by atoms with Crippen LogP contribution in [0.25, 0.3) is 0 Å². The van der Waals surface area contributed by atoms with E-state index >= 15 is 0 Å². The van der Waals surface area contributed by atoms with Crippen LogP contribution in [0.3, 0.4) is 0 Å². The lowest BCUT2D eigenvalue weighted by Crippen LogP contribution is -2.46. The maximum atomic E-state index is 9.89. The van der Waals surface area contributed by atoms with E-state index in [1.165, 1.54) is 19.6 Å². The van der Waals surface area contributed by atoms with E-state index in [1.54, 1.807) is 13.2 Å². The van der Waals surface area contributed by atoms with Gasteiger partial charge in [0.1, 0.15) is 0 Å². The minimum Gasteiger partial charge on any atom is -0.504 e. The van der Waals surface area contributed by atoms with Crippen molar-refractivity contribution in [1.29, 1.82) is 0 Å². The molecule has 122 valence electrons. The molecule has 4 nitrogen and oxygen atoms in total. The molecular weight excluding hydrogens is 278 g/mol. The molecule has 3 unspecified atom stereocenters. The number of ether oxygens (including phenoxy) is 2. The summed E-state index contributed by atoms with van der Waals surface area (Å²) in [5.41, 5.74) is 0. The number of piperidine rings is 1. The number of nitrogens with one attached hydrogen (secondary N) is 1. The van der Waals surface area contributed by atoms with Gasteiger partial charge in [-0.05, 0) is 55.9 Å². The molecule has 0 radical (unpaired) electrons. The van der Waals surface area contributed by atoms with Crippen LogP contribution in [-0.2, 0) is 9.47 Å². The van der Waals surface area contributed by atoms with Crippen molar-refractivity contribution < 1.29 is 14.6 Å². The standard InChI is InChI=1S/C18H27NO3/c1-4-18(22-3)17(20)7-5-6-16-15-9-8-14(21-2)12-13(15)10-11-19-16/h4-5,7-8,13,15-16,19-20H,1,6,9-12H2,2-3H3/b7-5+,18-17-. The number of aliphatic hydroxyl groups excluding tert-OH is 1. The van der Waals surface area contributed by atoms with Gasteiger partial charge in [0, 0.05) is 12.5 Å². The summed E-state index contributed by atoms with van der Waals surface area (Å²) in [6.45, 7) is 4.66. The Morgan fingerprint density at radius 1 is 1.50 bits per heavy atom. The number of fused-ring (bicyclic) bond motifs is 1. The van der Waals surface area contributed by atoms with Gasteiger partial charge in [0.2, 0.25) is 0 Å². The maximum Gasteiger partial charge on any atom is 0.159 e. The Labute approximate surface area is 133 Å². The highest BCUT2D eigenvalue weighted by Crippen LogP contribution is 2.37. The molecule has 0 saturated carbocycles. The first kappa shape index (κ1) is 16.7. The SMILES string of the molecule is C=C/C(OC)=C(O)\C=C\CC1NCCC2CC(OC)=CCC21. The van der Waals surface area contributed by atoms with Crippen molar-refractivity contribution in [1.82, 2.24) is 5.32 Å². The van der Waals surface area contributed by atoms with E-state index in [4.69, 9.17) is 9.47 Å². The first-order chi connectivity index (χ1) is 10.7. The molecule has 1 fully saturated rings. The molecule has 0 aromatic carbocycles. The predicted molar refractivity (Wildman–Crippen MR) is 88.3 cm³/mol. The van der Waals surface area contributed by atoms with Gasteiger partial charge in [-0.2, -0.15) is 0 Å². The van der Waals surface area contributed by atoms with Crippen molar-refractivity contribution in [3.8, 4) is 0 Å². The second kappa shape index (κ2) is 8.08. The Morgan fingerprint density at radius 2 is 2.32 bits per heavy atom. The number of hydrogen-bond donors (Lipinski definition) is 2. The molecule has 0 amide bonds. The zero-order valence-electron chi connectivity index (χ0n) is 13.5. The molecule has 0 aromatic heterocycles. The number of rotatable bonds is 6. The van der Waals surface area contributed by atoms with Crippen molar-refractivity contribution in [2.45, 2.75) is 31.7 Å². The van der Waals surface area contributed by atoms with Crippen LogP contribution in [0.4, 0.5) is 0 Å². The van der Waals surface area contributed by atoms with Gasteiger partial charge >= 0.3 is 0 Å². The summed E-state index contributed by atoms with van der Waals surface area (Å²) < 4.78 is 10.4. The van der Waals surface area contributed by atoms with Gasteiger partial charge in [0.25, 0.3) is 0 Å². The average molecular weight is 305 g/mol. The zero-order chi connectivity index (χ0) is 15.9. The Kier molecular flexibility index (Phi) is 6.13. The first-order valence-electron chi connectivity index (χ1n) is 7.92. The lowest BCUT2D eigenvalue weighted by molar-refractivity contribution is 0.144. The van der Waals surface area contributed by atoms with Crippen LogP contribution in [-0.4, -0.2) is 31.9 Å². The maximum absolute atomic E-state index is 9.89. The van der Waals surface area contributed by atoms with Crippen molar-refractivity contribution in [3.63, 3.8) is 0 Å². The smallest absolute Gasteiger partial charge is 0.159 e. The number of aliphatic hydroxyl groups is 1. The Hall–Kier alpha value is -1.68. The molecule has 2 rings (SSSR count). The summed E-state index contributed by atoms with van der Waals surface area (Å²) in [5.74, 6) is 3.00. The quantitative estimate of drug-likeness (QED) is 0.583. The third-order valence-electron chi connectivity index (χ3n) is 4.71. The van der Waals surface area contributed by atoms with Gasteiger partial charge in [0.15, 0.2) is 11.5 Å². The molecule has 1 saturated heterocycles. The molecule has 0 bridgehead atoms. The Morgan fingerprint density at radius 3 is 3.00 bits per heavy atom. The molecular formula is C18H27NO3. The van der Waals surface area contributed by atoms with E-state index in [9.17, 15) is 5.11 Å². The number of hydrogen-bond acceptors (Lipinski definition) is 4. The fourth-order valence-corrected chi connectivity index (χ4v) is 3.49. The summed E-state index contributed by atoms with van der Waals surface area (Å²) in [4.78, 5) is 0. The largest absolute Gasteiger partial charge is 0.504 e. The second-order valence-corrected chi connectivity index (χ2v) is 5.88. The van der Waals surface area contributed by atoms with Crippen LogP contribution >= 0.6 is 0 Å². The molecule has 4 heteroatoms. The van der Waals surface area contributed by atoms with Gasteiger partial charge in [-0.15, -0.1) is 0 Å². The number of allylic oxidation sites excluding steroid dienone is 4. The van der Waals surface area contributed by atoms with Crippen LogP contribution in [0.1, 0.15) is 25.7 Å². The molecule has 22 heavy (non-hydrogen) atoms. The monoisotopic (exact) mass is 305 g/mol. The van der Waals surface area contributed by atoms with Crippen molar-refractivity contribution in [2.24, 2.45) is 11.8 Å². The molecule has 1 aliphatic carbocycles. The average Bonchev–Trinajstić information content (AvgIpc) is 2.55. The molecule has 2 aliphatic rings. The first-order valence-corrected chi connectivity index (χ1v) is 7.92. The summed E-state index contributed by atoms with van der Waals surface area (Å²) >= 11 is 0. The Bertz CT molecular complexity index is 479. The molecule has 1 heterocycles. The highest BCUT2D eigenvalue weighted by atomic mass is 16.5. The summed E-state index contributed by atoms with van der Waals surface area (Å²) in [5, 5.41) is 13.5. The minimum atomic E-state index is 0.120. The Balaban J connectivity index is 1.97. The zero-order valence-corrected chi connectivity index (χ0v) is 13.5. The van der Waals surface area contributed by atoms with Gasteiger partial charge in [0.05, 0.1) is 20.0 Å².